The lowest BCUT2D eigenvalue weighted by atomic mass is 9.86. The molecule has 110 valence electrons. The minimum atomic E-state index is -0.534. The lowest BCUT2D eigenvalue weighted by Crippen LogP contribution is -2.49. The molecule has 2 rings (SSSR count). The molecule has 0 saturated heterocycles. The first kappa shape index (κ1) is 14.9. The van der Waals surface area contributed by atoms with Crippen LogP contribution in [0.15, 0.2) is 24.3 Å². The maximum atomic E-state index is 12.1. The summed E-state index contributed by atoms with van der Waals surface area (Å²) in [6.07, 6.45) is 5.17. The van der Waals surface area contributed by atoms with Gasteiger partial charge in [0.05, 0.1) is 6.04 Å². The Labute approximate surface area is 120 Å². The highest BCUT2D eigenvalue weighted by molar-refractivity contribution is 5.82. The van der Waals surface area contributed by atoms with E-state index in [0.717, 1.165) is 12.0 Å². The van der Waals surface area contributed by atoms with Crippen molar-refractivity contribution in [1.82, 2.24) is 5.32 Å². The molecule has 0 aromatic heterocycles. The summed E-state index contributed by atoms with van der Waals surface area (Å²) in [5.41, 5.74) is 6.94. The maximum absolute atomic E-state index is 12.1. The van der Waals surface area contributed by atoms with E-state index in [4.69, 9.17) is 5.73 Å². The molecule has 0 aliphatic heterocycles. The first-order valence-electron chi connectivity index (χ1n) is 7.40. The number of phenols is 1. The quantitative estimate of drug-likeness (QED) is 0.787. The fourth-order valence-electron chi connectivity index (χ4n) is 2.80. The molecule has 1 aromatic rings. The molecule has 0 spiro atoms. The van der Waals surface area contributed by atoms with Crippen molar-refractivity contribution in [2.24, 2.45) is 11.7 Å². The fraction of sp³-hybridized carbons (Fsp3) is 0.562. The van der Waals surface area contributed by atoms with Crippen LogP contribution in [0.4, 0.5) is 0 Å². The van der Waals surface area contributed by atoms with E-state index in [0.29, 0.717) is 12.3 Å². The zero-order chi connectivity index (χ0) is 14.5. The summed E-state index contributed by atoms with van der Waals surface area (Å²) in [4.78, 5) is 12.1. The Bertz CT molecular complexity index is 444. The molecule has 4 N–H and O–H groups in total. The van der Waals surface area contributed by atoms with Crippen molar-refractivity contribution in [2.45, 2.75) is 51.1 Å². The smallest absolute Gasteiger partial charge is 0.237 e. The average Bonchev–Trinajstić information content (AvgIpc) is 2.44. The maximum Gasteiger partial charge on any atom is 0.237 e. The van der Waals surface area contributed by atoms with E-state index in [9.17, 15) is 9.90 Å². The molecule has 4 nitrogen and oxygen atoms in total. The van der Waals surface area contributed by atoms with Crippen LogP contribution < -0.4 is 11.1 Å². The van der Waals surface area contributed by atoms with Crippen LogP contribution in [0, 0.1) is 5.92 Å². The standard InChI is InChI=1S/C16H24N2O2/c1-11-4-2-3-5-15(11)18-16(20)14(17)10-12-6-8-13(19)9-7-12/h6-9,11,14-15,19H,2-5,10,17H2,1H3,(H,18,20). The number of aromatic hydroxyl groups is 1. The highest BCUT2D eigenvalue weighted by Gasteiger charge is 2.24. The van der Waals surface area contributed by atoms with E-state index in [-0.39, 0.29) is 17.7 Å². The summed E-state index contributed by atoms with van der Waals surface area (Å²) in [6.45, 7) is 2.19. The van der Waals surface area contributed by atoms with Gasteiger partial charge in [0.2, 0.25) is 5.91 Å². The number of phenolic OH excluding ortho intramolecular Hbond substituents is 1. The number of nitrogens with two attached hydrogens (primary N) is 1. The molecular weight excluding hydrogens is 252 g/mol. The van der Waals surface area contributed by atoms with Crippen molar-refractivity contribution in [3.63, 3.8) is 0 Å². The van der Waals surface area contributed by atoms with E-state index in [1.165, 1.54) is 19.3 Å². The van der Waals surface area contributed by atoms with Gasteiger partial charge < -0.3 is 16.2 Å². The van der Waals surface area contributed by atoms with Gasteiger partial charge in [-0.2, -0.15) is 0 Å². The van der Waals surface area contributed by atoms with Crippen LogP contribution in [0.1, 0.15) is 38.2 Å². The number of hydrogen-bond donors (Lipinski definition) is 3. The minimum Gasteiger partial charge on any atom is -0.508 e. The molecule has 1 amide bonds. The van der Waals surface area contributed by atoms with Gasteiger partial charge in [-0.25, -0.2) is 0 Å². The summed E-state index contributed by atoms with van der Waals surface area (Å²) in [5.74, 6) is 0.688. The van der Waals surface area contributed by atoms with E-state index in [1.54, 1.807) is 24.3 Å². The molecule has 1 aliphatic carbocycles. The number of hydrogen-bond acceptors (Lipinski definition) is 3. The molecule has 1 saturated carbocycles. The van der Waals surface area contributed by atoms with Gasteiger partial charge >= 0.3 is 0 Å². The molecule has 1 aliphatic rings. The summed E-state index contributed by atoms with van der Waals surface area (Å²) >= 11 is 0. The average molecular weight is 276 g/mol. The number of nitrogens with one attached hydrogen (secondary N) is 1. The third-order valence-electron chi connectivity index (χ3n) is 4.17. The summed E-state index contributed by atoms with van der Waals surface area (Å²) < 4.78 is 0. The predicted molar refractivity (Wildman–Crippen MR) is 79.3 cm³/mol. The van der Waals surface area contributed by atoms with Crippen LogP contribution >= 0.6 is 0 Å². The first-order chi connectivity index (χ1) is 9.56. The largest absolute Gasteiger partial charge is 0.508 e. The molecule has 0 bridgehead atoms. The third kappa shape index (κ3) is 3.97. The van der Waals surface area contributed by atoms with Gasteiger partial charge in [0.15, 0.2) is 0 Å². The van der Waals surface area contributed by atoms with Crippen molar-refractivity contribution >= 4 is 5.91 Å². The number of carbonyl (C=O) groups excluding carboxylic acids is 1. The number of carbonyl (C=O) groups is 1. The van der Waals surface area contributed by atoms with Gasteiger partial charge in [0, 0.05) is 6.04 Å². The van der Waals surface area contributed by atoms with Gasteiger partial charge in [-0.05, 0) is 42.9 Å². The van der Waals surface area contributed by atoms with Crippen molar-refractivity contribution in [3.05, 3.63) is 29.8 Å². The SMILES string of the molecule is CC1CCCCC1NC(=O)C(N)Cc1ccc(O)cc1. The zero-order valence-corrected chi connectivity index (χ0v) is 12.0. The lowest BCUT2D eigenvalue weighted by molar-refractivity contribution is -0.123. The van der Waals surface area contributed by atoms with Crippen molar-refractivity contribution in [2.75, 3.05) is 0 Å². The molecule has 4 heteroatoms. The van der Waals surface area contributed by atoms with Gasteiger partial charge in [0.1, 0.15) is 5.75 Å². The third-order valence-corrected chi connectivity index (χ3v) is 4.17. The van der Waals surface area contributed by atoms with E-state index in [1.807, 2.05) is 0 Å². The summed E-state index contributed by atoms with van der Waals surface area (Å²) in [7, 11) is 0. The Hall–Kier alpha value is -1.55. The second-order valence-corrected chi connectivity index (χ2v) is 5.85. The van der Waals surface area contributed by atoms with Gasteiger partial charge in [-0.1, -0.05) is 31.9 Å². The molecule has 0 heterocycles. The Morgan fingerprint density at radius 1 is 1.35 bits per heavy atom. The van der Waals surface area contributed by atoms with Gasteiger partial charge in [-0.15, -0.1) is 0 Å². The molecule has 1 aromatic carbocycles. The minimum absolute atomic E-state index is 0.0724. The number of rotatable bonds is 4. The van der Waals surface area contributed by atoms with Crippen LogP contribution in [-0.4, -0.2) is 23.1 Å². The topological polar surface area (TPSA) is 75.4 Å². The van der Waals surface area contributed by atoms with E-state index >= 15 is 0 Å². The van der Waals surface area contributed by atoms with Gasteiger partial charge in [0.25, 0.3) is 0 Å². The van der Waals surface area contributed by atoms with E-state index in [2.05, 4.69) is 12.2 Å². The Morgan fingerprint density at radius 2 is 2.00 bits per heavy atom. The van der Waals surface area contributed by atoms with Gasteiger partial charge in [-0.3, -0.25) is 4.79 Å². The van der Waals surface area contributed by atoms with Crippen molar-refractivity contribution in [1.29, 1.82) is 0 Å². The zero-order valence-electron chi connectivity index (χ0n) is 12.0. The Morgan fingerprint density at radius 3 is 2.65 bits per heavy atom. The monoisotopic (exact) mass is 276 g/mol. The predicted octanol–water partition coefficient (Wildman–Crippen LogP) is 1.96. The molecule has 0 radical (unpaired) electrons. The molecule has 3 unspecified atom stereocenters. The lowest BCUT2D eigenvalue weighted by Gasteiger charge is -2.30. The summed E-state index contributed by atoms with van der Waals surface area (Å²) in [5, 5.41) is 12.3. The highest BCUT2D eigenvalue weighted by atomic mass is 16.3. The van der Waals surface area contributed by atoms with Crippen LogP contribution in [0.25, 0.3) is 0 Å². The van der Waals surface area contributed by atoms with Crippen LogP contribution in [0.3, 0.4) is 0 Å². The normalized spacial score (nSPS) is 24.1. The molecule has 1 fully saturated rings. The molecular formula is C16H24N2O2. The second-order valence-electron chi connectivity index (χ2n) is 5.85. The first-order valence-corrected chi connectivity index (χ1v) is 7.40. The summed E-state index contributed by atoms with van der Waals surface area (Å²) in [6, 6.07) is 6.56. The van der Waals surface area contributed by atoms with Crippen LogP contribution in [-0.2, 0) is 11.2 Å². The Kier molecular flexibility index (Phi) is 5.01. The highest BCUT2D eigenvalue weighted by Crippen LogP contribution is 2.23. The molecule has 3 atom stereocenters. The van der Waals surface area contributed by atoms with Crippen LogP contribution in [0.2, 0.25) is 0 Å². The molecule has 20 heavy (non-hydrogen) atoms. The van der Waals surface area contributed by atoms with Crippen molar-refractivity contribution < 1.29 is 9.90 Å². The van der Waals surface area contributed by atoms with Crippen LogP contribution in [0.5, 0.6) is 5.75 Å². The fourth-order valence-corrected chi connectivity index (χ4v) is 2.80. The van der Waals surface area contributed by atoms with Crippen molar-refractivity contribution in [3.8, 4) is 5.75 Å². The second kappa shape index (κ2) is 6.75. The number of amides is 1. The van der Waals surface area contributed by atoms with E-state index < -0.39 is 6.04 Å². The number of benzene rings is 1. The Balaban J connectivity index is 1.86.